The number of hydrogen-bond acceptors (Lipinski definition) is 4. The summed E-state index contributed by atoms with van der Waals surface area (Å²) in [5, 5.41) is 1.21. The standard InChI is InChI=1S/C27H38N2O4/c1-4-29(18-22(30)6-5-13-32-3)27(31)21-8-10-26-24(17-21)23-16-20(7-9-25(23)28(26)2)19-11-14-33-15-12-19/h8,10,17,19-20H,4-7,9,11-16,18H2,1-3H3. The number of hydrogen-bond donors (Lipinski definition) is 0. The molecular weight excluding hydrogens is 416 g/mol. The van der Waals surface area contributed by atoms with Gasteiger partial charge in [-0.3, -0.25) is 9.59 Å². The van der Waals surface area contributed by atoms with Crippen LogP contribution in [0.2, 0.25) is 0 Å². The normalized spacial score (nSPS) is 18.9. The number of likely N-dealkylation sites (N-methyl/N-ethyl adjacent to an activating group) is 1. The summed E-state index contributed by atoms with van der Waals surface area (Å²) in [7, 11) is 3.78. The lowest BCUT2D eigenvalue weighted by Crippen LogP contribution is -2.35. The quantitative estimate of drug-likeness (QED) is 0.534. The number of carbonyl (C=O) groups excluding carboxylic acids is 2. The number of aryl methyl sites for hydroxylation is 1. The first-order chi connectivity index (χ1) is 16.0. The number of rotatable bonds is 9. The first kappa shape index (κ1) is 24.0. The molecule has 2 heterocycles. The van der Waals surface area contributed by atoms with Crippen LogP contribution in [0.3, 0.4) is 0 Å². The average molecular weight is 455 g/mol. The van der Waals surface area contributed by atoms with Gasteiger partial charge < -0.3 is 18.9 Å². The summed E-state index contributed by atoms with van der Waals surface area (Å²) in [5.41, 5.74) is 4.71. The van der Waals surface area contributed by atoms with Gasteiger partial charge in [-0.25, -0.2) is 0 Å². The van der Waals surface area contributed by atoms with E-state index in [1.165, 1.54) is 41.4 Å². The van der Waals surface area contributed by atoms with E-state index in [1.807, 2.05) is 13.0 Å². The molecule has 1 atom stereocenters. The van der Waals surface area contributed by atoms with E-state index in [1.54, 1.807) is 12.0 Å². The van der Waals surface area contributed by atoms with Crippen LogP contribution in [0, 0.1) is 11.8 Å². The maximum atomic E-state index is 13.3. The van der Waals surface area contributed by atoms with Crippen LogP contribution in [-0.4, -0.2) is 61.2 Å². The second-order valence-corrected chi connectivity index (χ2v) is 9.62. The van der Waals surface area contributed by atoms with Crippen molar-refractivity contribution < 1.29 is 19.1 Å². The number of Topliss-reactive ketones (excluding diaryl/α,β-unsaturated/α-hetero) is 1. The fourth-order valence-corrected chi connectivity index (χ4v) is 5.74. The van der Waals surface area contributed by atoms with Crippen LogP contribution in [-0.2, 0) is 34.2 Å². The molecule has 6 heteroatoms. The Hall–Kier alpha value is -2.18. The van der Waals surface area contributed by atoms with Crippen molar-refractivity contribution in [2.75, 3.05) is 40.0 Å². The van der Waals surface area contributed by atoms with Gasteiger partial charge in [-0.15, -0.1) is 0 Å². The summed E-state index contributed by atoms with van der Waals surface area (Å²) < 4.78 is 12.9. The van der Waals surface area contributed by atoms with Crippen LogP contribution < -0.4 is 0 Å². The molecule has 1 aromatic heterocycles. The molecule has 6 nitrogen and oxygen atoms in total. The third-order valence-corrected chi connectivity index (χ3v) is 7.67. The molecule has 0 spiro atoms. The Bertz CT molecular complexity index is 990. The second kappa shape index (κ2) is 10.8. The number of nitrogens with zero attached hydrogens (tertiary/aromatic N) is 2. The fourth-order valence-electron chi connectivity index (χ4n) is 5.74. The summed E-state index contributed by atoms with van der Waals surface area (Å²) >= 11 is 0. The van der Waals surface area contributed by atoms with E-state index in [-0.39, 0.29) is 18.2 Å². The maximum Gasteiger partial charge on any atom is 0.254 e. The lowest BCUT2D eigenvalue weighted by Gasteiger charge is -2.33. The number of aromatic nitrogens is 1. The van der Waals surface area contributed by atoms with E-state index in [9.17, 15) is 9.59 Å². The van der Waals surface area contributed by atoms with Gasteiger partial charge in [0.25, 0.3) is 5.91 Å². The maximum absolute atomic E-state index is 13.3. The lowest BCUT2D eigenvalue weighted by atomic mass is 9.75. The van der Waals surface area contributed by atoms with E-state index in [2.05, 4.69) is 23.7 Å². The topological polar surface area (TPSA) is 60.8 Å². The van der Waals surface area contributed by atoms with Crippen LogP contribution in [0.15, 0.2) is 18.2 Å². The van der Waals surface area contributed by atoms with Gasteiger partial charge in [-0.1, -0.05) is 0 Å². The molecule has 0 saturated carbocycles. The number of benzene rings is 1. The predicted octanol–water partition coefficient (Wildman–Crippen LogP) is 4.17. The summed E-state index contributed by atoms with van der Waals surface area (Å²) in [5.74, 6) is 1.46. The monoisotopic (exact) mass is 454 g/mol. The summed E-state index contributed by atoms with van der Waals surface area (Å²) in [6.45, 7) is 4.96. The molecule has 0 bridgehead atoms. The molecule has 1 aliphatic heterocycles. The van der Waals surface area contributed by atoms with Gasteiger partial charge in [0.2, 0.25) is 0 Å². The molecule has 1 aromatic carbocycles. The van der Waals surface area contributed by atoms with Crippen LogP contribution in [0.4, 0.5) is 0 Å². The van der Waals surface area contributed by atoms with Gasteiger partial charge in [0.15, 0.2) is 5.78 Å². The van der Waals surface area contributed by atoms with Crippen molar-refractivity contribution in [2.24, 2.45) is 18.9 Å². The number of ether oxygens (including phenoxy) is 2. The molecule has 1 unspecified atom stereocenters. The Balaban J connectivity index is 1.55. The Labute approximate surface area is 197 Å². The number of fused-ring (bicyclic) bond motifs is 3. The predicted molar refractivity (Wildman–Crippen MR) is 130 cm³/mol. The molecule has 1 amide bonds. The molecule has 33 heavy (non-hydrogen) atoms. The Kier molecular flexibility index (Phi) is 7.86. The van der Waals surface area contributed by atoms with Crippen molar-refractivity contribution in [1.82, 2.24) is 9.47 Å². The molecule has 0 N–H and O–H groups in total. The highest BCUT2D eigenvalue weighted by molar-refractivity contribution is 6.00. The molecule has 2 aliphatic rings. The summed E-state index contributed by atoms with van der Waals surface area (Å²) in [4.78, 5) is 27.3. The minimum Gasteiger partial charge on any atom is -0.385 e. The first-order valence-electron chi connectivity index (χ1n) is 12.5. The summed E-state index contributed by atoms with van der Waals surface area (Å²) in [6.07, 6.45) is 6.89. The highest BCUT2D eigenvalue weighted by atomic mass is 16.5. The number of ketones is 1. The number of amides is 1. The van der Waals surface area contributed by atoms with Gasteiger partial charge in [0.05, 0.1) is 6.54 Å². The largest absolute Gasteiger partial charge is 0.385 e. The number of carbonyl (C=O) groups is 2. The zero-order valence-electron chi connectivity index (χ0n) is 20.4. The first-order valence-corrected chi connectivity index (χ1v) is 12.5. The van der Waals surface area contributed by atoms with E-state index in [4.69, 9.17) is 9.47 Å². The molecule has 180 valence electrons. The molecule has 4 rings (SSSR count). The SMILES string of the molecule is CCN(CC(=O)CCCOC)C(=O)c1ccc2c(c1)c1c(n2C)CCC(C2CCOCC2)C1. The van der Waals surface area contributed by atoms with Gasteiger partial charge >= 0.3 is 0 Å². The lowest BCUT2D eigenvalue weighted by molar-refractivity contribution is -0.120. The zero-order chi connectivity index (χ0) is 23.4. The molecular formula is C27H38N2O4. The second-order valence-electron chi connectivity index (χ2n) is 9.62. The Morgan fingerprint density at radius 3 is 2.70 bits per heavy atom. The van der Waals surface area contributed by atoms with Gasteiger partial charge in [0.1, 0.15) is 0 Å². The van der Waals surface area contributed by atoms with Crippen molar-refractivity contribution >= 4 is 22.6 Å². The van der Waals surface area contributed by atoms with Crippen molar-refractivity contribution in [1.29, 1.82) is 0 Å². The van der Waals surface area contributed by atoms with Crippen LogP contribution >= 0.6 is 0 Å². The molecule has 1 aliphatic carbocycles. The van der Waals surface area contributed by atoms with Crippen LogP contribution in [0.5, 0.6) is 0 Å². The smallest absolute Gasteiger partial charge is 0.254 e. The Morgan fingerprint density at radius 1 is 1.18 bits per heavy atom. The van der Waals surface area contributed by atoms with Crippen molar-refractivity contribution in [3.8, 4) is 0 Å². The van der Waals surface area contributed by atoms with Crippen molar-refractivity contribution in [2.45, 2.75) is 51.9 Å². The Morgan fingerprint density at radius 2 is 1.97 bits per heavy atom. The highest BCUT2D eigenvalue weighted by Gasteiger charge is 2.31. The van der Waals surface area contributed by atoms with Crippen LogP contribution in [0.1, 0.15) is 60.6 Å². The van der Waals surface area contributed by atoms with Crippen molar-refractivity contribution in [3.63, 3.8) is 0 Å². The van der Waals surface area contributed by atoms with Crippen molar-refractivity contribution in [3.05, 3.63) is 35.0 Å². The molecule has 1 fully saturated rings. The molecule has 1 saturated heterocycles. The zero-order valence-corrected chi connectivity index (χ0v) is 20.4. The van der Waals surface area contributed by atoms with Gasteiger partial charge in [-0.05, 0) is 81.0 Å². The summed E-state index contributed by atoms with van der Waals surface area (Å²) in [6, 6.07) is 6.07. The van der Waals surface area contributed by atoms with E-state index in [0.717, 1.165) is 32.0 Å². The average Bonchev–Trinajstić information content (AvgIpc) is 3.13. The minimum absolute atomic E-state index is 0.0612. The van der Waals surface area contributed by atoms with E-state index < -0.39 is 0 Å². The van der Waals surface area contributed by atoms with E-state index in [0.29, 0.717) is 37.5 Å². The molecule has 2 aromatic rings. The number of methoxy groups -OCH3 is 1. The van der Waals surface area contributed by atoms with Gasteiger partial charge in [0, 0.05) is 69.1 Å². The third-order valence-electron chi connectivity index (χ3n) is 7.67. The third kappa shape index (κ3) is 5.17. The van der Waals surface area contributed by atoms with Crippen LogP contribution in [0.25, 0.3) is 10.9 Å². The van der Waals surface area contributed by atoms with E-state index >= 15 is 0 Å². The molecule has 0 radical (unpaired) electrons. The van der Waals surface area contributed by atoms with Gasteiger partial charge in [-0.2, -0.15) is 0 Å². The minimum atomic E-state index is -0.0612. The highest BCUT2D eigenvalue weighted by Crippen LogP contribution is 2.39. The fraction of sp³-hybridized carbons (Fsp3) is 0.630.